The van der Waals surface area contributed by atoms with Gasteiger partial charge in [-0.25, -0.2) is 0 Å². The van der Waals surface area contributed by atoms with Crippen molar-refractivity contribution in [2.75, 3.05) is 0 Å². The normalized spacial score (nSPS) is 28.9. The Labute approximate surface area is 246 Å². The number of hydrogen-bond acceptors (Lipinski definition) is 3. The molecule has 0 saturated heterocycles. The Morgan fingerprint density at radius 3 is 2.00 bits per heavy atom. The fraction of sp³-hybridized carbons (Fsp3) is 0.758. The molecule has 3 nitrogen and oxygen atoms in total. The highest BCUT2D eigenvalue weighted by Gasteiger charge is 2.57. The minimum atomic E-state index is -2.20. The van der Waals surface area contributed by atoms with E-state index < -0.39 is 16.6 Å². The molecule has 0 aromatic heterocycles. The Bertz CT molecular complexity index is 1170. The maximum Gasteiger partial charge on any atom is 0.250 e. The molecule has 6 heteroatoms. The van der Waals surface area contributed by atoms with Crippen LogP contribution in [0.5, 0.6) is 17.2 Å². The molecule has 0 amide bonds. The van der Waals surface area contributed by atoms with Crippen molar-refractivity contribution in [1.29, 1.82) is 0 Å². The molecular formula is C33H55ClO3Si2. The summed E-state index contributed by atoms with van der Waals surface area (Å²) >= 11 is 7.39. The number of benzene rings is 1. The third-order valence-corrected chi connectivity index (χ3v) is 20.5. The largest absolute Gasteiger partial charge is 0.541 e. The lowest BCUT2D eigenvalue weighted by molar-refractivity contribution is -0.0516. The molecule has 2 saturated carbocycles. The molecular weight excluding hydrogens is 536 g/mol. The van der Waals surface area contributed by atoms with Crippen LogP contribution in [0.1, 0.15) is 107 Å². The second-order valence-electron chi connectivity index (χ2n) is 16.9. The van der Waals surface area contributed by atoms with Gasteiger partial charge in [-0.05, 0) is 97.3 Å². The van der Waals surface area contributed by atoms with Crippen LogP contribution >= 0.6 is 11.6 Å². The Kier molecular flexibility index (Phi) is 7.39. The monoisotopic (exact) mass is 590 g/mol. The average Bonchev–Trinajstić information content (AvgIpc) is 2.73. The van der Waals surface area contributed by atoms with Crippen LogP contribution in [0.3, 0.4) is 0 Å². The SMILES string of the molecule is CC1(C)CCC[C@]2(C)C3=Cc4c(cc(O[Si](C)(C)C(C)(C)C)c(O[Si](C)(C)C(C)(C)C)c4Cl)O[C@]3(C)CC[C@@H]12. The number of rotatable bonds is 4. The highest BCUT2D eigenvalue weighted by Crippen LogP contribution is 2.65. The summed E-state index contributed by atoms with van der Waals surface area (Å²) in [7, 11) is -4.36. The summed E-state index contributed by atoms with van der Waals surface area (Å²) in [5.41, 5.74) is 2.49. The first-order valence-electron chi connectivity index (χ1n) is 15.1. The Hall–Kier alpha value is -0.916. The molecule has 3 atom stereocenters. The number of ether oxygens (including phenoxy) is 1. The first-order chi connectivity index (χ1) is 17.5. The standard InChI is InChI=1S/C33H55ClO3Si2/c1-29(2,3)38(11,12)36-24-21-23-22(27(34)28(24)37-39(13,14)30(4,5)6)20-26-32(9)18-15-17-31(7,8)25(32)16-19-33(26,10)35-23/h20-21,25H,15-19H2,1-14H3/t25-,32-,33+/m0/s1. The zero-order valence-electron chi connectivity index (χ0n) is 27.4. The van der Waals surface area contributed by atoms with Crippen LogP contribution in [-0.2, 0) is 0 Å². The number of halogens is 1. The number of fused-ring (bicyclic) bond motifs is 4. The summed E-state index contributed by atoms with van der Waals surface area (Å²) in [6.07, 6.45) is 8.38. The maximum atomic E-state index is 7.39. The van der Waals surface area contributed by atoms with Crippen molar-refractivity contribution in [1.82, 2.24) is 0 Å². The summed E-state index contributed by atoms with van der Waals surface area (Å²) in [5, 5.41) is 0.720. The van der Waals surface area contributed by atoms with Gasteiger partial charge in [-0.3, -0.25) is 0 Å². The van der Waals surface area contributed by atoms with Gasteiger partial charge in [0.1, 0.15) is 11.4 Å². The predicted octanol–water partition coefficient (Wildman–Crippen LogP) is 11.3. The van der Waals surface area contributed by atoms with E-state index in [0.717, 1.165) is 23.5 Å². The van der Waals surface area contributed by atoms with Gasteiger partial charge in [0, 0.05) is 11.6 Å². The lowest BCUT2D eigenvalue weighted by Crippen LogP contribution is -2.55. The minimum absolute atomic E-state index is 0.0335. The summed E-state index contributed by atoms with van der Waals surface area (Å²) < 4.78 is 21.0. The Morgan fingerprint density at radius 2 is 1.44 bits per heavy atom. The maximum absolute atomic E-state index is 7.39. The van der Waals surface area contributed by atoms with Gasteiger partial charge in [0.2, 0.25) is 0 Å². The molecule has 1 aliphatic heterocycles. The van der Waals surface area contributed by atoms with Gasteiger partial charge in [0.05, 0.1) is 5.02 Å². The molecule has 1 aromatic carbocycles. The topological polar surface area (TPSA) is 27.7 Å². The fourth-order valence-corrected chi connectivity index (χ4v) is 9.32. The molecule has 0 bridgehead atoms. The van der Waals surface area contributed by atoms with E-state index in [-0.39, 0.29) is 21.1 Å². The van der Waals surface area contributed by atoms with Gasteiger partial charge in [-0.1, -0.05) is 80.3 Å². The average molecular weight is 591 g/mol. The minimum Gasteiger partial charge on any atom is -0.541 e. The van der Waals surface area contributed by atoms with Crippen molar-refractivity contribution in [2.24, 2.45) is 16.7 Å². The molecule has 220 valence electrons. The van der Waals surface area contributed by atoms with Crippen molar-refractivity contribution in [3.63, 3.8) is 0 Å². The van der Waals surface area contributed by atoms with E-state index in [0.29, 0.717) is 22.1 Å². The van der Waals surface area contributed by atoms with Gasteiger partial charge < -0.3 is 13.6 Å². The molecule has 2 fully saturated rings. The van der Waals surface area contributed by atoms with Crippen LogP contribution in [0.4, 0.5) is 0 Å². The quantitative estimate of drug-likeness (QED) is 0.326. The van der Waals surface area contributed by atoms with E-state index in [1.807, 2.05) is 0 Å². The molecule has 0 spiro atoms. The molecule has 1 aromatic rings. The van der Waals surface area contributed by atoms with Crippen molar-refractivity contribution in [2.45, 2.75) is 143 Å². The third kappa shape index (κ3) is 5.16. The molecule has 0 N–H and O–H groups in total. The summed E-state index contributed by atoms with van der Waals surface area (Å²) in [5.74, 6) is 2.93. The van der Waals surface area contributed by atoms with Crippen LogP contribution < -0.4 is 13.6 Å². The zero-order chi connectivity index (χ0) is 29.6. The fourth-order valence-electron chi connectivity index (χ4n) is 6.95. The van der Waals surface area contributed by atoms with Crippen molar-refractivity contribution in [3.05, 3.63) is 22.2 Å². The van der Waals surface area contributed by atoms with E-state index in [4.69, 9.17) is 25.2 Å². The molecule has 0 unspecified atom stereocenters. The van der Waals surface area contributed by atoms with Gasteiger partial charge in [0.15, 0.2) is 11.5 Å². The number of hydrogen-bond donors (Lipinski definition) is 0. The molecule has 3 aliphatic rings. The van der Waals surface area contributed by atoms with Crippen LogP contribution in [0.2, 0.25) is 41.3 Å². The van der Waals surface area contributed by atoms with Crippen molar-refractivity contribution >= 4 is 34.3 Å². The van der Waals surface area contributed by atoms with Gasteiger partial charge in [0.25, 0.3) is 16.6 Å². The van der Waals surface area contributed by atoms with Crippen LogP contribution in [0.15, 0.2) is 11.6 Å². The smallest absolute Gasteiger partial charge is 0.250 e. The molecule has 1 heterocycles. The summed E-state index contributed by atoms with van der Waals surface area (Å²) in [6, 6.07) is 2.10. The molecule has 2 aliphatic carbocycles. The van der Waals surface area contributed by atoms with Crippen molar-refractivity contribution < 1.29 is 13.6 Å². The van der Waals surface area contributed by atoms with Gasteiger partial charge in [-0.2, -0.15) is 0 Å². The van der Waals surface area contributed by atoms with Crippen LogP contribution in [0.25, 0.3) is 6.08 Å². The summed E-state index contributed by atoms with van der Waals surface area (Å²) in [6.45, 7) is 32.5. The van der Waals surface area contributed by atoms with E-state index in [9.17, 15) is 0 Å². The highest BCUT2D eigenvalue weighted by molar-refractivity contribution is 6.75. The second kappa shape index (κ2) is 9.29. The van der Waals surface area contributed by atoms with E-state index in [1.54, 1.807) is 0 Å². The Morgan fingerprint density at radius 1 is 0.872 bits per heavy atom. The lowest BCUT2D eigenvalue weighted by atomic mass is 9.47. The van der Waals surface area contributed by atoms with Gasteiger partial charge in [-0.15, -0.1) is 0 Å². The first-order valence-corrected chi connectivity index (χ1v) is 21.3. The van der Waals surface area contributed by atoms with E-state index >= 15 is 0 Å². The van der Waals surface area contributed by atoms with E-state index in [1.165, 1.54) is 31.3 Å². The molecule has 0 radical (unpaired) electrons. The lowest BCUT2D eigenvalue weighted by Gasteiger charge is -2.60. The third-order valence-electron chi connectivity index (χ3n) is 11.5. The Balaban J connectivity index is 1.92. The highest BCUT2D eigenvalue weighted by atomic mass is 35.5. The zero-order valence-corrected chi connectivity index (χ0v) is 30.1. The second-order valence-corrected chi connectivity index (χ2v) is 26.7. The van der Waals surface area contributed by atoms with Crippen LogP contribution in [0, 0.1) is 16.7 Å². The van der Waals surface area contributed by atoms with E-state index in [2.05, 4.69) is 108 Å². The van der Waals surface area contributed by atoms with Crippen LogP contribution in [-0.4, -0.2) is 22.2 Å². The van der Waals surface area contributed by atoms with Crippen molar-refractivity contribution in [3.8, 4) is 17.2 Å². The molecule has 4 rings (SSSR count). The van der Waals surface area contributed by atoms with Gasteiger partial charge >= 0.3 is 0 Å². The summed E-state index contributed by atoms with van der Waals surface area (Å²) in [4.78, 5) is 0. The first kappa shape index (κ1) is 31.0. The predicted molar refractivity (Wildman–Crippen MR) is 173 cm³/mol. The molecule has 39 heavy (non-hydrogen) atoms.